The Morgan fingerprint density at radius 1 is 1.17 bits per heavy atom. The zero-order valence-corrected chi connectivity index (χ0v) is 20.2. The third-order valence-electron chi connectivity index (χ3n) is 5.71. The third-order valence-corrected chi connectivity index (χ3v) is 7.84. The largest absolute Gasteiger partial charge is 0.508 e. The van der Waals surface area contributed by atoms with Gasteiger partial charge in [0, 0.05) is 16.5 Å². The summed E-state index contributed by atoms with van der Waals surface area (Å²) < 4.78 is 1.58. The van der Waals surface area contributed by atoms with Gasteiger partial charge in [0.25, 0.3) is 11.5 Å². The molecule has 0 atom stereocenters. The van der Waals surface area contributed by atoms with Crippen LogP contribution in [0.4, 0.5) is 0 Å². The number of aromatic hydroxyl groups is 2. The maximum Gasteiger partial charge on any atom is 0.267 e. The number of aromatic nitrogens is 2. The highest BCUT2D eigenvalue weighted by Crippen LogP contribution is 2.35. The molecular formula is C25H22N4O4S2. The zero-order chi connectivity index (χ0) is 24.4. The molecule has 5 rings (SSSR count). The molecule has 1 amide bonds. The molecule has 3 N–H and O–H groups in total. The second-order valence-corrected chi connectivity index (χ2v) is 10.1. The molecule has 10 heteroatoms. The number of fused-ring (bicyclic) bond motifs is 3. The Morgan fingerprint density at radius 2 is 1.97 bits per heavy atom. The van der Waals surface area contributed by atoms with Crippen molar-refractivity contribution >= 4 is 45.4 Å². The van der Waals surface area contributed by atoms with Crippen molar-refractivity contribution in [1.82, 2.24) is 15.0 Å². The van der Waals surface area contributed by atoms with Crippen LogP contribution in [0.25, 0.3) is 15.9 Å². The number of thioether (sulfide) groups is 1. The SMILES string of the molecule is O=C(CSc1nc2sc3c(c2c(=O)n1-c1ccccc1)CCCC3)NN=Cc1ccc(O)cc1O. The number of aryl methyl sites for hydroxylation is 2. The number of phenols is 2. The molecule has 2 heterocycles. The first-order valence-corrected chi connectivity index (χ1v) is 12.9. The number of amides is 1. The minimum absolute atomic E-state index is 0.00519. The lowest BCUT2D eigenvalue weighted by atomic mass is 9.97. The van der Waals surface area contributed by atoms with Gasteiger partial charge in [0.1, 0.15) is 16.3 Å². The third kappa shape index (κ3) is 4.80. The molecule has 0 radical (unpaired) electrons. The van der Waals surface area contributed by atoms with Crippen LogP contribution in [0.2, 0.25) is 0 Å². The summed E-state index contributed by atoms with van der Waals surface area (Å²) >= 11 is 2.74. The van der Waals surface area contributed by atoms with E-state index in [4.69, 9.17) is 4.98 Å². The summed E-state index contributed by atoms with van der Waals surface area (Å²) in [6.07, 6.45) is 5.35. The van der Waals surface area contributed by atoms with Gasteiger partial charge in [0.05, 0.1) is 23.0 Å². The lowest BCUT2D eigenvalue weighted by molar-refractivity contribution is -0.118. The van der Waals surface area contributed by atoms with E-state index in [1.807, 2.05) is 30.3 Å². The smallest absolute Gasteiger partial charge is 0.267 e. The quantitative estimate of drug-likeness (QED) is 0.158. The molecule has 0 unspecified atom stereocenters. The van der Waals surface area contributed by atoms with Gasteiger partial charge in [0.2, 0.25) is 0 Å². The molecule has 0 aliphatic heterocycles. The number of carbonyl (C=O) groups is 1. The minimum atomic E-state index is -0.385. The molecule has 2 aromatic heterocycles. The molecule has 1 aliphatic rings. The fraction of sp³-hybridized carbons (Fsp3) is 0.200. The van der Waals surface area contributed by atoms with Crippen molar-refractivity contribution in [2.75, 3.05) is 5.75 Å². The standard InChI is InChI=1S/C25H22N4O4S2/c30-17-11-10-15(19(31)12-17)13-26-28-21(32)14-34-25-27-23-22(18-8-4-5-9-20(18)35-23)24(33)29(25)16-6-2-1-3-7-16/h1-3,6-7,10-13,30-31H,4-5,8-9,14H2,(H,28,32). The molecular weight excluding hydrogens is 484 g/mol. The molecule has 0 saturated heterocycles. The Morgan fingerprint density at radius 3 is 2.77 bits per heavy atom. The average molecular weight is 507 g/mol. The second-order valence-electron chi connectivity index (χ2n) is 8.09. The normalized spacial score (nSPS) is 13.3. The van der Waals surface area contributed by atoms with E-state index in [2.05, 4.69) is 10.5 Å². The number of nitrogens with zero attached hydrogens (tertiary/aromatic N) is 3. The Hall–Kier alpha value is -3.63. The fourth-order valence-corrected chi connectivity index (χ4v) is 6.17. The van der Waals surface area contributed by atoms with Gasteiger partial charge in [0.15, 0.2) is 5.16 Å². The Kier molecular flexibility index (Phi) is 6.56. The number of hydrogen-bond donors (Lipinski definition) is 3. The van der Waals surface area contributed by atoms with Crippen LogP contribution in [0.1, 0.15) is 28.8 Å². The number of nitrogens with one attached hydrogen (secondary N) is 1. The van der Waals surface area contributed by atoms with Crippen LogP contribution in [0.5, 0.6) is 11.5 Å². The van der Waals surface area contributed by atoms with Gasteiger partial charge < -0.3 is 10.2 Å². The molecule has 0 saturated carbocycles. The van der Waals surface area contributed by atoms with Gasteiger partial charge in [-0.2, -0.15) is 5.10 Å². The number of hydrazone groups is 1. The van der Waals surface area contributed by atoms with Gasteiger partial charge in [-0.05, 0) is 55.5 Å². The Balaban J connectivity index is 1.41. The van der Waals surface area contributed by atoms with Gasteiger partial charge in [-0.15, -0.1) is 11.3 Å². The van der Waals surface area contributed by atoms with E-state index < -0.39 is 0 Å². The maximum absolute atomic E-state index is 13.7. The molecule has 0 spiro atoms. The molecule has 4 aromatic rings. The lowest BCUT2D eigenvalue weighted by Gasteiger charge is -2.13. The molecule has 0 bridgehead atoms. The molecule has 178 valence electrons. The topological polar surface area (TPSA) is 117 Å². The molecule has 0 fully saturated rings. The molecule has 1 aliphatic carbocycles. The maximum atomic E-state index is 13.7. The van der Waals surface area contributed by atoms with E-state index in [9.17, 15) is 19.8 Å². The summed E-state index contributed by atoms with van der Waals surface area (Å²) in [5, 5.41) is 24.2. The molecule has 35 heavy (non-hydrogen) atoms. The summed E-state index contributed by atoms with van der Waals surface area (Å²) in [6, 6.07) is 13.4. The first kappa shape index (κ1) is 23.1. The number of hydrogen-bond acceptors (Lipinski definition) is 8. The predicted molar refractivity (Wildman–Crippen MR) is 138 cm³/mol. The van der Waals surface area contributed by atoms with Crippen molar-refractivity contribution in [2.45, 2.75) is 30.8 Å². The predicted octanol–water partition coefficient (Wildman–Crippen LogP) is 3.98. The van der Waals surface area contributed by atoms with Crippen LogP contribution in [-0.4, -0.2) is 37.6 Å². The van der Waals surface area contributed by atoms with Crippen molar-refractivity contribution in [3.05, 3.63) is 74.9 Å². The molecule has 2 aromatic carbocycles. The first-order valence-electron chi connectivity index (χ1n) is 11.1. The van der Waals surface area contributed by atoms with Crippen molar-refractivity contribution < 1.29 is 15.0 Å². The van der Waals surface area contributed by atoms with Crippen molar-refractivity contribution in [2.24, 2.45) is 5.10 Å². The van der Waals surface area contributed by atoms with Crippen LogP contribution in [0.15, 0.2) is 63.6 Å². The number of phenolic OH excluding ortho intramolecular Hbond substituents is 2. The van der Waals surface area contributed by atoms with Crippen molar-refractivity contribution in [1.29, 1.82) is 0 Å². The monoisotopic (exact) mass is 506 g/mol. The minimum Gasteiger partial charge on any atom is -0.508 e. The van der Waals surface area contributed by atoms with E-state index >= 15 is 0 Å². The number of thiophene rings is 1. The summed E-state index contributed by atoms with van der Waals surface area (Å²) in [5.41, 5.74) is 4.48. The van der Waals surface area contributed by atoms with E-state index in [1.165, 1.54) is 41.1 Å². The van der Waals surface area contributed by atoms with Crippen molar-refractivity contribution in [3.8, 4) is 17.2 Å². The Labute approximate surface area is 209 Å². The van der Waals surface area contributed by atoms with Gasteiger partial charge in [-0.3, -0.25) is 14.2 Å². The molecule has 8 nitrogen and oxygen atoms in total. The van der Waals surface area contributed by atoms with E-state index in [1.54, 1.807) is 15.9 Å². The highest BCUT2D eigenvalue weighted by Gasteiger charge is 2.23. The van der Waals surface area contributed by atoms with Crippen LogP contribution in [0, 0.1) is 0 Å². The summed E-state index contributed by atoms with van der Waals surface area (Å²) in [7, 11) is 0. The number of carbonyl (C=O) groups excluding carboxylic acids is 1. The number of benzene rings is 2. The summed E-state index contributed by atoms with van der Waals surface area (Å²) in [5.74, 6) is -0.612. The highest BCUT2D eigenvalue weighted by molar-refractivity contribution is 7.99. The number of rotatable bonds is 6. The van der Waals surface area contributed by atoms with Crippen LogP contribution >= 0.6 is 23.1 Å². The van der Waals surface area contributed by atoms with E-state index in [0.29, 0.717) is 21.8 Å². The average Bonchev–Trinajstić information content (AvgIpc) is 3.23. The summed E-state index contributed by atoms with van der Waals surface area (Å²) in [4.78, 5) is 32.9. The highest BCUT2D eigenvalue weighted by atomic mass is 32.2. The van der Waals surface area contributed by atoms with Gasteiger partial charge in [-0.1, -0.05) is 30.0 Å². The fourth-order valence-electron chi connectivity index (χ4n) is 4.07. The van der Waals surface area contributed by atoms with Crippen LogP contribution < -0.4 is 11.0 Å². The number of para-hydroxylation sites is 1. The van der Waals surface area contributed by atoms with Gasteiger partial charge >= 0.3 is 0 Å². The van der Waals surface area contributed by atoms with Crippen molar-refractivity contribution in [3.63, 3.8) is 0 Å². The van der Waals surface area contributed by atoms with E-state index in [-0.39, 0.29) is 28.7 Å². The van der Waals surface area contributed by atoms with Crippen LogP contribution in [0.3, 0.4) is 0 Å². The lowest BCUT2D eigenvalue weighted by Crippen LogP contribution is -2.24. The Bertz CT molecular complexity index is 1500. The van der Waals surface area contributed by atoms with Crippen LogP contribution in [-0.2, 0) is 17.6 Å². The van der Waals surface area contributed by atoms with Gasteiger partial charge in [-0.25, -0.2) is 10.4 Å². The second kappa shape index (κ2) is 9.93. The van der Waals surface area contributed by atoms with E-state index in [0.717, 1.165) is 36.1 Å². The summed E-state index contributed by atoms with van der Waals surface area (Å²) in [6.45, 7) is 0. The zero-order valence-electron chi connectivity index (χ0n) is 18.6. The first-order chi connectivity index (χ1) is 17.0.